The molecular weight excluding hydrogens is 345 g/mol. The maximum absolute atomic E-state index is 12.8. The summed E-state index contributed by atoms with van der Waals surface area (Å²) in [6.45, 7) is 9.15. The number of rotatable bonds is 12. The highest BCUT2D eigenvalue weighted by molar-refractivity contribution is 5.25. The lowest BCUT2D eigenvalue weighted by molar-refractivity contribution is -0.400. The van der Waals surface area contributed by atoms with E-state index in [1.165, 1.54) is 12.1 Å². The first-order valence-corrected chi connectivity index (χ1v) is 9.37. The lowest BCUT2D eigenvalue weighted by Gasteiger charge is -2.37. The predicted molar refractivity (Wildman–Crippen MR) is 95.8 cm³/mol. The Morgan fingerprint density at radius 2 is 1.50 bits per heavy atom. The normalized spacial score (nSPS) is 13.8. The van der Waals surface area contributed by atoms with Crippen LogP contribution >= 0.6 is 0 Å². The molecule has 1 atom stereocenters. The number of ether oxygens (including phenoxy) is 3. The molecule has 0 N–H and O–H groups in total. The van der Waals surface area contributed by atoms with Crippen molar-refractivity contribution in [1.82, 2.24) is 0 Å². The molecule has 1 unspecified atom stereocenters. The molecule has 0 spiro atoms. The predicted octanol–water partition coefficient (Wildman–Crippen LogP) is 5.82. The van der Waals surface area contributed by atoms with E-state index < -0.39 is 17.7 Å². The molecule has 26 heavy (non-hydrogen) atoms. The Morgan fingerprint density at radius 1 is 0.923 bits per heavy atom. The van der Waals surface area contributed by atoms with Crippen LogP contribution in [0.2, 0.25) is 0 Å². The third-order valence-electron chi connectivity index (χ3n) is 4.25. The van der Waals surface area contributed by atoms with Crippen molar-refractivity contribution < 1.29 is 27.4 Å². The number of unbranched alkanes of at least 4 members (excludes halogenated alkanes) is 1. The van der Waals surface area contributed by atoms with E-state index in [0.717, 1.165) is 25.3 Å². The number of halogens is 3. The maximum atomic E-state index is 12.8. The van der Waals surface area contributed by atoms with Gasteiger partial charge in [0.2, 0.25) is 0 Å². The number of aryl methyl sites for hydroxylation is 1. The molecule has 0 amide bonds. The van der Waals surface area contributed by atoms with Gasteiger partial charge in [-0.05, 0) is 51.7 Å². The first-order chi connectivity index (χ1) is 12.3. The summed E-state index contributed by atoms with van der Waals surface area (Å²) in [5.41, 5.74) is 0.115. The summed E-state index contributed by atoms with van der Waals surface area (Å²) >= 11 is 0. The van der Waals surface area contributed by atoms with Crippen LogP contribution in [-0.4, -0.2) is 25.8 Å². The Bertz CT molecular complexity index is 500. The Morgan fingerprint density at radius 3 is 2.00 bits per heavy atom. The Kier molecular flexibility index (Phi) is 9.61. The minimum atomic E-state index is -4.30. The molecule has 0 aliphatic rings. The van der Waals surface area contributed by atoms with Crippen molar-refractivity contribution in [1.29, 1.82) is 0 Å². The molecule has 1 rings (SSSR count). The third-order valence-corrected chi connectivity index (χ3v) is 4.25. The number of hydrogen-bond acceptors (Lipinski definition) is 3. The lowest BCUT2D eigenvalue weighted by Crippen LogP contribution is -2.45. The standard InChI is InChI=1S/C20H31F3O3/c1-5-24-20(25-6-2,26-7-3)16(4)11-8-9-12-17-13-10-14-18(15-17)19(21,22)23/h10,13-16H,5-9,11-12H2,1-4H3. The van der Waals surface area contributed by atoms with Gasteiger partial charge in [-0.1, -0.05) is 31.5 Å². The molecule has 0 aliphatic heterocycles. The van der Waals surface area contributed by atoms with E-state index in [1.54, 1.807) is 6.07 Å². The van der Waals surface area contributed by atoms with Crippen molar-refractivity contribution in [2.75, 3.05) is 19.8 Å². The van der Waals surface area contributed by atoms with Crippen LogP contribution < -0.4 is 0 Å². The largest absolute Gasteiger partial charge is 0.416 e. The van der Waals surface area contributed by atoms with Crippen molar-refractivity contribution in [3.8, 4) is 0 Å². The molecule has 0 bridgehead atoms. The molecule has 0 fully saturated rings. The van der Waals surface area contributed by atoms with Gasteiger partial charge in [-0.3, -0.25) is 0 Å². The van der Waals surface area contributed by atoms with Gasteiger partial charge in [-0.25, -0.2) is 0 Å². The van der Waals surface area contributed by atoms with Gasteiger partial charge in [0.25, 0.3) is 5.97 Å². The van der Waals surface area contributed by atoms with Crippen LogP contribution in [0.15, 0.2) is 24.3 Å². The van der Waals surface area contributed by atoms with Gasteiger partial charge in [-0.2, -0.15) is 13.2 Å². The fourth-order valence-electron chi connectivity index (χ4n) is 3.01. The average Bonchev–Trinajstić information content (AvgIpc) is 2.58. The molecule has 0 saturated heterocycles. The van der Waals surface area contributed by atoms with Gasteiger partial charge < -0.3 is 14.2 Å². The van der Waals surface area contributed by atoms with Crippen molar-refractivity contribution in [2.24, 2.45) is 5.92 Å². The van der Waals surface area contributed by atoms with E-state index in [4.69, 9.17) is 14.2 Å². The van der Waals surface area contributed by atoms with E-state index in [0.29, 0.717) is 31.8 Å². The maximum Gasteiger partial charge on any atom is 0.416 e. The number of alkyl halides is 3. The Hall–Kier alpha value is -1.11. The molecule has 1 aromatic rings. The second kappa shape index (κ2) is 10.9. The molecule has 0 heterocycles. The van der Waals surface area contributed by atoms with Crippen molar-refractivity contribution in [2.45, 2.75) is 65.5 Å². The summed E-state index contributed by atoms with van der Waals surface area (Å²) in [6.07, 6.45) is -1.23. The quantitative estimate of drug-likeness (QED) is 0.340. The zero-order chi connectivity index (χ0) is 19.6. The topological polar surface area (TPSA) is 27.7 Å². The highest BCUT2D eigenvalue weighted by Gasteiger charge is 2.38. The third kappa shape index (κ3) is 6.89. The van der Waals surface area contributed by atoms with E-state index in [-0.39, 0.29) is 5.92 Å². The summed E-state index contributed by atoms with van der Waals surface area (Å²) in [4.78, 5) is 0. The molecular formula is C20H31F3O3. The van der Waals surface area contributed by atoms with E-state index in [2.05, 4.69) is 0 Å². The molecule has 1 aromatic carbocycles. The highest BCUT2D eigenvalue weighted by atomic mass is 19.4. The molecule has 0 aliphatic carbocycles. The molecule has 0 radical (unpaired) electrons. The minimum absolute atomic E-state index is 0.0175. The fourth-order valence-corrected chi connectivity index (χ4v) is 3.01. The number of benzene rings is 1. The molecule has 6 heteroatoms. The Labute approximate surface area is 154 Å². The molecule has 150 valence electrons. The van der Waals surface area contributed by atoms with E-state index >= 15 is 0 Å². The lowest BCUT2D eigenvalue weighted by atomic mass is 9.98. The monoisotopic (exact) mass is 376 g/mol. The van der Waals surface area contributed by atoms with Gasteiger partial charge in [-0.15, -0.1) is 0 Å². The van der Waals surface area contributed by atoms with Gasteiger partial charge in [0.05, 0.1) is 5.56 Å². The van der Waals surface area contributed by atoms with Crippen molar-refractivity contribution in [3.63, 3.8) is 0 Å². The van der Waals surface area contributed by atoms with Crippen molar-refractivity contribution in [3.05, 3.63) is 35.4 Å². The molecule has 3 nitrogen and oxygen atoms in total. The Balaban J connectivity index is 2.57. The van der Waals surface area contributed by atoms with Crippen LogP contribution in [0.5, 0.6) is 0 Å². The molecule has 0 aromatic heterocycles. The van der Waals surface area contributed by atoms with E-state index in [9.17, 15) is 13.2 Å². The van der Waals surface area contributed by atoms with Crippen LogP contribution in [-0.2, 0) is 26.8 Å². The van der Waals surface area contributed by atoms with Crippen LogP contribution in [0.3, 0.4) is 0 Å². The number of hydrogen-bond donors (Lipinski definition) is 0. The average molecular weight is 376 g/mol. The zero-order valence-electron chi connectivity index (χ0n) is 16.2. The van der Waals surface area contributed by atoms with Crippen molar-refractivity contribution >= 4 is 0 Å². The highest BCUT2D eigenvalue weighted by Crippen LogP contribution is 2.31. The van der Waals surface area contributed by atoms with Crippen LogP contribution in [0.4, 0.5) is 13.2 Å². The van der Waals surface area contributed by atoms with Crippen LogP contribution in [0, 0.1) is 5.92 Å². The smallest absolute Gasteiger partial charge is 0.328 e. The second-order valence-electron chi connectivity index (χ2n) is 6.25. The fraction of sp³-hybridized carbons (Fsp3) is 0.700. The summed E-state index contributed by atoms with van der Waals surface area (Å²) in [5, 5.41) is 0. The van der Waals surface area contributed by atoms with E-state index in [1.807, 2.05) is 27.7 Å². The summed E-state index contributed by atoms with van der Waals surface area (Å²) in [6, 6.07) is 5.54. The van der Waals surface area contributed by atoms with Gasteiger partial charge >= 0.3 is 6.18 Å². The summed E-state index contributed by atoms with van der Waals surface area (Å²) < 4.78 is 55.6. The van der Waals surface area contributed by atoms with Crippen LogP contribution in [0.25, 0.3) is 0 Å². The summed E-state index contributed by atoms with van der Waals surface area (Å²) in [7, 11) is 0. The van der Waals surface area contributed by atoms with Gasteiger partial charge in [0.15, 0.2) is 0 Å². The second-order valence-corrected chi connectivity index (χ2v) is 6.25. The minimum Gasteiger partial charge on any atom is -0.328 e. The van der Waals surface area contributed by atoms with Crippen LogP contribution in [0.1, 0.15) is 58.1 Å². The first-order valence-electron chi connectivity index (χ1n) is 9.37. The zero-order valence-corrected chi connectivity index (χ0v) is 16.2. The summed E-state index contributed by atoms with van der Waals surface area (Å²) in [5.74, 6) is -1.03. The molecule has 0 saturated carbocycles. The first kappa shape index (κ1) is 22.9. The SMILES string of the molecule is CCOC(OCC)(OCC)C(C)CCCCc1cccc(C(F)(F)F)c1. The van der Waals surface area contributed by atoms with Gasteiger partial charge in [0.1, 0.15) is 0 Å². The van der Waals surface area contributed by atoms with Gasteiger partial charge in [0, 0.05) is 25.7 Å².